The van der Waals surface area contributed by atoms with E-state index in [4.69, 9.17) is 0 Å². The van der Waals surface area contributed by atoms with Crippen molar-refractivity contribution in [3.63, 3.8) is 0 Å². The number of aryl methyl sites for hydroxylation is 2. The standard InChI is InChI=1S/C20H18N4OS/c1-13-21-20(23-22-13)26-12-17(25)18-15-10-6-7-11-16(15)24(2)19(18)14-8-4-3-5-9-14/h3-11H,12H2,1-2H3,(H,21,22,23). The summed E-state index contributed by atoms with van der Waals surface area (Å²) >= 11 is 1.35. The molecule has 2 heterocycles. The number of thioether (sulfide) groups is 1. The van der Waals surface area contributed by atoms with Gasteiger partial charge in [0.05, 0.1) is 17.0 Å². The number of hydrogen-bond donors (Lipinski definition) is 1. The summed E-state index contributed by atoms with van der Waals surface area (Å²) < 4.78 is 2.10. The van der Waals surface area contributed by atoms with Crippen molar-refractivity contribution in [3.8, 4) is 11.3 Å². The maximum absolute atomic E-state index is 13.1. The number of aromatic nitrogens is 4. The van der Waals surface area contributed by atoms with Crippen LogP contribution in [-0.4, -0.2) is 31.3 Å². The second kappa shape index (κ2) is 6.80. The minimum atomic E-state index is 0.0770. The molecule has 0 aliphatic rings. The zero-order valence-corrected chi connectivity index (χ0v) is 15.4. The molecule has 0 fully saturated rings. The van der Waals surface area contributed by atoms with E-state index in [0.29, 0.717) is 10.9 Å². The molecular weight excluding hydrogens is 344 g/mol. The third-order valence-electron chi connectivity index (χ3n) is 4.34. The Morgan fingerprint density at radius 3 is 2.58 bits per heavy atom. The molecule has 5 nitrogen and oxygen atoms in total. The number of benzene rings is 2. The van der Waals surface area contributed by atoms with Gasteiger partial charge in [0.15, 0.2) is 5.78 Å². The lowest BCUT2D eigenvalue weighted by Crippen LogP contribution is -2.05. The molecule has 6 heteroatoms. The van der Waals surface area contributed by atoms with Gasteiger partial charge in [-0.25, -0.2) is 4.98 Å². The zero-order chi connectivity index (χ0) is 18.1. The maximum Gasteiger partial charge on any atom is 0.208 e. The van der Waals surface area contributed by atoms with Crippen LogP contribution >= 0.6 is 11.8 Å². The molecule has 0 unspecified atom stereocenters. The van der Waals surface area contributed by atoms with Crippen LogP contribution in [0.5, 0.6) is 0 Å². The number of nitrogens with zero attached hydrogens (tertiary/aromatic N) is 3. The van der Waals surface area contributed by atoms with Gasteiger partial charge in [0.25, 0.3) is 0 Å². The van der Waals surface area contributed by atoms with Gasteiger partial charge < -0.3 is 4.57 Å². The Balaban J connectivity index is 1.78. The highest BCUT2D eigenvalue weighted by atomic mass is 32.2. The smallest absolute Gasteiger partial charge is 0.208 e. The largest absolute Gasteiger partial charge is 0.343 e. The van der Waals surface area contributed by atoms with Crippen molar-refractivity contribution in [2.24, 2.45) is 7.05 Å². The summed E-state index contributed by atoms with van der Waals surface area (Å²) in [5.74, 6) is 1.12. The van der Waals surface area contributed by atoms with Crippen LogP contribution in [0, 0.1) is 6.92 Å². The number of fused-ring (bicyclic) bond motifs is 1. The van der Waals surface area contributed by atoms with Gasteiger partial charge in [-0.2, -0.15) is 0 Å². The Morgan fingerprint density at radius 2 is 1.85 bits per heavy atom. The lowest BCUT2D eigenvalue weighted by molar-refractivity contribution is 0.102. The molecule has 0 radical (unpaired) electrons. The predicted octanol–water partition coefficient (Wildman–Crippen LogP) is 4.25. The van der Waals surface area contributed by atoms with Gasteiger partial charge >= 0.3 is 0 Å². The van der Waals surface area contributed by atoms with E-state index in [1.807, 2.05) is 68.6 Å². The molecule has 130 valence electrons. The van der Waals surface area contributed by atoms with E-state index in [1.165, 1.54) is 11.8 Å². The van der Waals surface area contributed by atoms with Crippen molar-refractivity contribution in [2.75, 3.05) is 5.75 Å². The van der Waals surface area contributed by atoms with E-state index in [-0.39, 0.29) is 5.78 Å². The molecule has 0 saturated heterocycles. The molecule has 4 aromatic rings. The second-order valence-corrected chi connectivity index (χ2v) is 7.02. The molecule has 0 bridgehead atoms. The monoisotopic (exact) mass is 362 g/mol. The molecule has 0 aliphatic heterocycles. The van der Waals surface area contributed by atoms with Crippen molar-refractivity contribution in [1.82, 2.24) is 19.7 Å². The summed E-state index contributed by atoms with van der Waals surface area (Å²) in [6, 6.07) is 18.1. The van der Waals surface area contributed by atoms with E-state index in [1.54, 1.807) is 0 Å². The van der Waals surface area contributed by atoms with Crippen molar-refractivity contribution in [2.45, 2.75) is 12.1 Å². The zero-order valence-electron chi connectivity index (χ0n) is 14.6. The fraction of sp³-hybridized carbons (Fsp3) is 0.150. The van der Waals surface area contributed by atoms with Crippen LogP contribution in [-0.2, 0) is 7.05 Å². The van der Waals surface area contributed by atoms with E-state index >= 15 is 0 Å². The number of Topliss-reactive ketones (excluding diaryl/α,β-unsaturated/α-hetero) is 1. The summed E-state index contributed by atoms with van der Waals surface area (Å²) in [4.78, 5) is 17.4. The number of para-hydroxylation sites is 1. The molecule has 0 spiro atoms. The van der Waals surface area contributed by atoms with Crippen LogP contribution in [0.2, 0.25) is 0 Å². The molecule has 0 saturated carbocycles. The lowest BCUT2D eigenvalue weighted by atomic mass is 10.0. The first kappa shape index (κ1) is 16.6. The van der Waals surface area contributed by atoms with Gasteiger partial charge in [-0.3, -0.25) is 9.89 Å². The molecule has 0 atom stereocenters. The Hall–Kier alpha value is -2.86. The molecule has 1 N–H and O–H groups in total. The van der Waals surface area contributed by atoms with E-state index in [0.717, 1.165) is 33.5 Å². The predicted molar refractivity (Wildman–Crippen MR) is 105 cm³/mol. The molecular formula is C20H18N4OS. The van der Waals surface area contributed by atoms with Crippen molar-refractivity contribution in [1.29, 1.82) is 0 Å². The van der Waals surface area contributed by atoms with E-state index in [9.17, 15) is 4.79 Å². The number of H-pyrrole nitrogens is 1. The minimum absolute atomic E-state index is 0.0770. The Labute approximate surface area is 155 Å². The minimum Gasteiger partial charge on any atom is -0.343 e. The first-order valence-electron chi connectivity index (χ1n) is 8.33. The van der Waals surface area contributed by atoms with Gasteiger partial charge in [-0.05, 0) is 18.6 Å². The topological polar surface area (TPSA) is 63.6 Å². The Bertz CT molecular complexity index is 1080. The number of carbonyl (C=O) groups is 1. The molecule has 0 amide bonds. The van der Waals surface area contributed by atoms with Crippen LogP contribution in [0.3, 0.4) is 0 Å². The van der Waals surface area contributed by atoms with E-state index in [2.05, 4.69) is 19.7 Å². The van der Waals surface area contributed by atoms with Gasteiger partial charge in [-0.1, -0.05) is 60.3 Å². The van der Waals surface area contributed by atoms with Gasteiger partial charge in [0.1, 0.15) is 5.82 Å². The third-order valence-corrected chi connectivity index (χ3v) is 5.19. The molecule has 0 aliphatic carbocycles. The number of aromatic amines is 1. The summed E-state index contributed by atoms with van der Waals surface area (Å²) in [7, 11) is 2.01. The highest BCUT2D eigenvalue weighted by Crippen LogP contribution is 2.34. The fourth-order valence-corrected chi connectivity index (χ4v) is 3.91. The molecule has 2 aromatic heterocycles. The number of ketones is 1. The third kappa shape index (κ3) is 2.93. The number of hydrogen-bond acceptors (Lipinski definition) is 4. The summed E-state index contributed by atoms with van der Waals surface area (Å²) in [6.45, 7) is 1.84. The Morgan fingerprint density at radius 1 is 1.12 bits per heavy atom. The number of nitrogens with one attached hydrogen (secondary N) is 1. The number of carbonyl (C=O) groups excluding carboxylic acids is 1. The van der Waals surface area contributed by atoms with Crippen LogP contribution in [0.25, 0.3) is 22.2 Å². The van der Waals surface area contributed by atoms with Gasteiger partial charge in [-0.15, -0.1) is 5.10 Å². The Kier molecular flexibility index (Phi) is 4.34. The molecule has 4 rings (SSSR count). The maximum atomic E-state index is 13.1. The van der Waals surface area contributed by atoms with Crippen molar-refractivity contribution in [3.05, 3.63) is 66.0 Å². The molecule has 26 heavy (non-hydrogen) atoms. The molecule has 2 aromatic carbocycles. The summed E-state index contributed by atoms with van der Waals surface area (Å²) in [6.07, 6.45) is 0. The quantitative estimate of drug-likeness (QED) is 0.426. The van der Waals surface area contributed by atoms with Gasteiger partial charge in [0, 0.05) is 18.0 Å². The van der Waals surface area contributed by atoms with Crippen LogP contribution in [0.15, 0.2) is 59.8 Å². The summed E-state index contributed by atoms with van der Waals surface area (Å²) in [5.41, 5.74) is 3.79. The highest BCUT2D eigenvalue weighted by molar-refractivity contribution is 7.99. The average Bonchev–Trinajstić information content (AvgIpc) is 3.22. The van der Waals surface area contributed by atoms with E-state index < -0.39 is 0 Å². The summed E-state index contributed by atoms with van der Waals surface area (Å²) in [5, 5.41) is 8.48. The fourth-order valence-electron chi connectivity index (χ4n) is 3.20. The highest BCUT2D eigenvalue weighted by Gasteiger charge is 2.22. The van der Waals surface area contributed by atoms with Crippen LogP contribution < -0.4 is 0 Å². The first-order valence-corrected chi connectivity index (χ1v) is 9.31. The van der Waals surface area contributed by atoms with Crippen LogP contribution in [0.4, 0.5) is 0 Å². The second-order valence-electron chi connectivity index (χ2n) is 6.08. The lowest BCUT2D eigenvalue weighted by Gasteiger charge is -2.07. The average molecular weight is 362 g/mol. The first-order chi connectivity index (χ1) is 12.6. The van der Waals surface area contributed by atoms with Crippen LogP contribution in [0.1, 0.15) is 16.2 Å². The van der Waals surface area contributed by atoms with Gasteiger partial charge in [0.2, 0.25) is 5.16 Å². The number of rotatable bonds is 5. The van der Waals surface area contributed by atoms with Crippen molar-refractivity contribution >= 4 is 28.4 Å². The van der Waals surface area contributed by atoms with Crippen molar-refractivity contribution < 1.29 is 4.79 Å². The SMILES string of the molecule is Cc1nc(SCC(=O)c2c(-c3ccccc3)n(C)c3ccccc23)n[nH]1. The normalized spacial score (nSPS) is 11.2.